The van der Waals surface area contributed by atoms with Crippen LogP contribution in [0.5, 0.6) is 5.75 Å². The highest BCUT2D eigenvalue weighted by Crippen LogP contribution is 2.30. The molecule has 1 aromatic carbocycles. The smallest absolute Gasteiger partial charge is 0.246 e. The molecule has 0 amide bonds. The van der Waals surface area contributed by atoms with Gasteiger partial charge in [-0.2, -0.15) is 4.31 Å². The minimum Gasteiger partial charge on any atom is -0.495 e. The van der Waals surface area contributed by atoms with Crippen LogP contribution >= 0.6 is 0 Å². The first-order valence-electron chi connectivity index (χ1n) is 8.35. The summed E-state index contributed by atoms with van der Waals surface area (Å²) < 4.78 is 43.1. The maximum absolute atomic E-state index is 13.0. The molecule has 9 heteroatoms. The maximum atomic E-state index is 13.0. The third-order valence-electron chi connectivity index (χ3n) is 4.40. The topological polar surface area (TPSA) is 93.9 Å². The zero-order valence-corrected chi connectivity index (χ0v) is 15.9. The van der Waals surface area contributed by atoms with Crippen LogP contribution in [-0.2, 0) is 21.3 Å². The van der Waals surface area contributed by atoms with E-state index in [1.54, 1.807) is 18.2 Å². The molecule has 8 nitrogen and oxygen atoms in total. The molecule has 2 heterocycles. The van der Waals surface area contributed by atoms with E-state index < -0.39 is 10.0 Å². The van der Waals surface area contributed by atoms with Crippen LogP contribution in [0.1, 0.15) is 17.0 Å². The predicted octanol–water partition coefficient (Wildman–Crippen LogP) is 1.93. The van der Waals surface area contributed by atoms with Crippen molar-refractivity contribution in [3.05, 3.63) is 35.2 Å². The number of ether oxygens (including phenoxy) is 2. The van der Waals surface area contributed by atoms with E-state index in [1.807, 2.05) is 13.8 Å². The first kappa shape index (κ1) is 18.7. The Morgan fingerprint density at radius 2 is 2.00 bits per heavy atom. The number of anilines is 1. The first-order valence-corrected chi connectivity index (χ1v) is 9.79. The summed E-state index contributed by atoms with van der Waals surface area (Å²) in [5.41, 5.74) is 2.45. The lowest BCUT2D eigenvalue weighted by molar-refractivity contribution is 0.0729. The molecule has 26 heavy (non-hydrogen) atoms. The van der Waals surface area contributed by atoms with Crippen LogP contribution in [0, 0.1) is 13.8 Å². The fourth-order valence-corrected chi connectivity index (χ4v) is 4.45. The second-order valence-corrected chi connectivity index (χ2v) is 7.94. The van der Waals surface area contributed by atoms with Crippen LogP contribution in [0.25, 0.3) is 0 Å². The van der Waals surface area contributed by atoms with Gasteiger partial charge in [0.2, 0.25) is 10.0 Å². The van der Waals surface area contributed by atoms with Crippen molar-refractivity contribution in [1.29, 1.82) is 0 Å². The van der Waals surface area contributed by atoms with E-state index in [0.717, 1.165) is 17.0 Å². The molecule has 0 radical (unpaired) electrons. The largest absolute Gasteiger partial charge is 0.495 e. The van der Waals surface area contributed by atoms with E-state index in [9.17, 15) is 8.42 Å². The lowest BCUT2D eigenvalue weighted by Crippen LogP contribution is -2.40. The van der Waals surface area contributed by atoms with Crippen molar-refractivity contribution >= 4 is 15.7 Å². The minimum atomic E-state index is -3.66. The van der Waals surface area contributed by atoms with Gasteiger partial charge < -0.3 is 19.3 Å². The van der Waals surface area contributed by atoms with Gasteiger partial charge >= 0.3 is 0 Å². The number of benzene rings is 1. The molecule has 142 valence electrons. The molecule has 0 aliphatic carbocycles. The molecule has 1 fully saturated rings. The fourth-order valence-electron chi connectivity index (χ4n) is 2.86. The molecule has 1 saturated heterocycles. The van der Waals surface area contributed by atoms with E-state index in [2.05, 4.69) is 10.5 Å². The molecule has 2 aromatic rings. The van der Waals surface area contributed by atoms with Crippen LogP contribution in [0.15, 0.2) is 27.6 Å². The number of nitrogens with one attached hydrogen (secondary N) is 1. The van der Waals surface area contributed by atoms with Crippen LogP contribution in [0.3, 0.4) is 0 Å². The van der Waals surface area contributed by atoms with Crippen LogP contribution in [-0.4, -0.2) is 51.3 Å². The van der Waals surface area contributed by atoms with Crippen LogP contribution in [0.4, 0.5) is 5.69 Å². The second-order valence-electron chi connectivity index (χ2n) is 6.04. The van der Waals surface area contributed by atoms with E-state index in [1.165, 1.54) is 11.4 Å². The lowest BCUT2D eigenvalue weighted by atomic mass is 10.2. The zero-order valence-electron chi connectivity index (χ0n) is 15.1. The van der Waals surface area contributed by atoms with Crippen molar-refractivity contribution in [3.63, 3.8) is 0 Å². The average Bonchev–Trinajstić information content (AvgIpc) is 2.98. The summed E-state index contributed by atoms with van der Waals surface area (Å²) in [6.07, 6.45) is 0. The summed E-state index contributed by atoms with van der Waals surface area (Å²) in [6, 6.07) is 5.04. The Kier molecular flexibility index (Phi) is 5.49. The Morgan fingerprint density at radius 1 is 1.27 bits per heavy atom. The third kappa shape index (κ3) is 3.69. The molecule has 0 bridgehead atoms. The van der Waals surface area contributed by atoms with Gasteiger partial charge in [-0.1, -0.05) is 5.16 Å². The summed E-state index contributed by atoms with van der Waals surface area (Å²) in [7, 11) is -2.20. The molecule has 0 spiro atoms. The van der Waals surface area contributed by atoms with E-state index >= 15 is 0 Å². The van der Waals surface area contributed by atoms with Crippen molar-refractivity contribution in [2.75, 3.05) is 38.7 Å². The molecule has 1 aliphatic heterocycles. The Morgan fingerprint density at radius 3 is 2.62 bits per heavy atom. The maximum Gasteiger partial charge on any atom is 0.246 e. The van der Waals surface area contributed by atoms with E-state index in [-0.39, 0.29) is 4.90 Å². The minimum absolute atomic E-state index is 0.144. The van der Waals surface area contributed by atoms with Gasteiger partial charge in [0.15, 0.2) is 0 Å². The molecule has 1 N–H and O–H groups in total. The van der Waals surface area contributed by atoms with Gasteiger partial charge in [0, 0.05) is 30.9 Å². The number of morpholine rings is 1. The molecule has 0 saturated carbocycles. The Hall–Kier alpha value is -2.10. The molecule has 0 atom stereocenters. The van der Waals surface area contributed by atoms with Crippen LogP contribution in [0.2, 0.25) is 0 Å². The fraction of sp³-hybridized carbons (Fsp3) is 0.471. The van der Waals surface area contributed by atoms with Gasteiger partial charge in [-0.3, -0.25) is 0 Å². The molecule has 1 aromatic heterocycles. The Bertz CT molecular complexity index is 853. The number of aromatic nitrogens is 1. The molecule has 0 unspecified atom stereocenters. The second kappa shape index (κ2) is 7.65. The van der Waals surface area contributed by atoms with Crippen molar-refractivity contribution < 1.29 is 22.4 Å². The van der Waals surface area contributed by atoms with Gasteiger partial charge in [0.1, 0.15) is 16.4 Å². The highest BCUT2D eigenvalue weighted by molar-refractivity contribution is 7.89. The SMILES string of the molecule is COc1ccc(NCc2c(C)noc2C)cc1S(=O)(=O)N1CCOCC1. The van der Waals surface area contributed by atoms with Gasteiger partial charge in [0.25, 0.3) is 0 Å². The standard InChI is InChI=1S/C17H23N3O5S/c1-12-15(13(2)25-19-12)11-18-14-4-5-16(23-3)17(10-14)26(21,22)20-6-8-24-9-7-20/h4-5,10,18H,6-9,11H2,1-3H3. The highest BCUT2D eigenvalue weighted by atomic mass is 32.2. The normalized spacial score (nSPS) is 15.8. The summed E-state index contributed by atoms with van der Waals surface area (Å²) in [4.78, 5) is 0.144. The highest BCUT2D eigenvalue weighted by Gasteiger charge is 2.29. The van der Waals surface area contributed by atoms with Crippen LogP contribution < -0.4 is 10.1 Å². The first-order chi connectivity index (χ1) is 12.4. The molecule has 3 rings (SSSR count). The average molecular weight is 381 g/mol. The monoisotopic (exact) mass is 381 g/mol. The lowest BCUT2D eigenvalue weighted by Gasteiger charge is -2.27. The quantitative estimate of drug-likeness (QED) is 0.817. The zero-order chi connectivity index (χ0) is 18.7. The number of rotatable bonds is 6. The summed E-state index contributed by atoms with van der Waals surface area (Å²) in [6.45, 7) is 5.67. The van der Waals surface area contributed by atoms with Gasteiger partial charge in [-0.05, 0) is 32.0 Å². The number of hydrogen-bond donors (Lipinski definition) is 1. The number of hydrogen-bond acceptors (Lipinski definition) is 7. The van der Waals surface area contributed by atoms with Crippen molar-refractivity contribution in [3.8, 4) is 5.75 Å². The van der Waals surface area contributed by atoms with E-state index in [0.29, 0.717) is 44.3 Å². The Labute approximate surface area is 153 Å². The number of sulfonamides is 1. The number of methoxy groups -OCH3 is 1. The predicted molar refractivity (Wildman–Crippen MR) is 95.9 cm³/mol. The summed E-state index contributed by atoms with van der Waals surface area (Å²) in [5.74, 6) is 1.06. The summed E-state index contributed by atoms with van der Waals surface area (Å²) >= 11 is 0. The number of nitrogens with zero attached hydrogens (tertiary/aromatic N) is 2. The van der Waals surface area contributed by atoms with E-state index in [4.69, 9.17) is 14.0 Å². The third-order valence-corrected chi connectivity index (χ3v) is 6.32. The van der Waals surface area contributed by atoms with Crippen molar-refractivity contribution in [1.82, 2.24) is 9.46 Å². The van der Waals surface area contributed by atoms with Crippen molar-refractivity contribution in [2.45, 2.75) is 25.3 Å². The van der Waals surface area contributed by atoms with Crippen molar-refractivity contribution in [2.24, 2.45) is 0 Å². The summed E-state index contributed by atoms with van der Waals surface area (Å²) in [5, 5.41) is 7.16. The Balaban J connectivity index is 1.86. The van der Waals surface area contributed by atoms with Gasteiger partial charge in [-0.15, -0.1) is 0 Å². The molecular weight excluding hydrogens is 358 g/mol. The molecule has 1 aliphatic rings. The molecular formula is C17H23N3O5S. The number of aryl methyl sites for hydroxylation is 2. The van der Waals surface area contributed by atoms with Gasteiger partial charge in [-0.25, -0.2) is 8.42 Å². The van der Waals surface area contributed by atoms with Gasteiger partial charge in [0.05, 0.1) is 26.0 Å².